The van der Waals surface area contributed by atoms with Crippen molar-refractivity contribution in [1.29, 1.82) is 5.41 Å². The summed E-state index contributed by atoms with van der Waals surface area (Å²) >= 11 is 0. The Morgan fingerprint density at radius 3 is 2.89 bits per heavy atom. The van der Waals surface area contributed by atoms with E-state index in [4.69, 9.17) is 11.1 Å². The molecule has 0 aliphatic heterocycles. The van der Waals surface area contributed by atoms with Crippen molar-refractivity contribution >= 4 is 11.9 Å². The second-order valence-electron chi connectivity index (χ2n) is 1.52. The zero-order chi connectivity index (χ0) is 6.69. The van der Waals surface area contributed by atoms with Crippen molar-refractivity contribution in [2.45, 2.75) is 0 Å². The van der Waals surface area contributed by atoms with Crippen LogP contribution in [-0.4, -0.2) is 16.4 Å². The highest BCUT2D eigenvalue weighted by atomic mass is 15.1. The molecule has 0 saturated carbocycles. The van der Waals surface area contributed by atoms with Crippen LogP contribution in [0.25, 0.3) is 0 Å². The Morgan fingerprint density at radius 1 is 1.67 bits per heavy atom. The fourth-order valence-electron chi connectivity index (χ4n) is 0.464. The molecule has 3 N–H and O–H groups in total. The van der Waals surface area contributed by atoms with E-state index in [0.717, 1.165) is 6.21 Å². The van der Waals surface area contributed by atoms with Gasteiger partial charge in [-0.15, -0.1) is 5.10 Å². The van der Waals surface area contributed by atoms with E-state index in [1.54, 1.807) is 6.07 Å². The Morgan fingerprint density at radius 2 is 2.44 bits per heavy atom. The molecule has 0 amide bonds. The fourth-order valence-corrected chi connectivity index (χ4v) is 0.464. The lowest BCUT2D eigenvalue weighted by atomic mass is 10.3. The minimum Gasteiger partial charge on any atom is -0.397 e. The van der Waals surface area contributed by atoms with Gasteiger partial charge in [0.1, 0.15) is 5.69 Å². The predicted octanol–water partition coefficient (Wildman–Crippen LogP) is 0.0565. The molecule has 4 heteroatoms. The van der Waals surface area contributed by atoms with Crippen molar-refractivity contribution in [2.75, 3.05) is 5.73 Å². The molecule has 0 aromatic carbocycles. The summed E-state index contributed by atoms with van der Waals surface area (Å²) in [5.41, 5.74) is 6.28. The van der Waals surface area contributed by atoms with Gasteiger partial charge in [-0.2, -0.15) is 5.10 Å². The third kappa shape index (κ3) is 1.02. The molecule has 0 radical (unpaired) electrons. The van der Waals surface area contributed by atoms with Crippen LogP contribution in [0.15, 0.2) is 12.3 Å². The first-order chi connectivity index (χ1) is 4.34. The van der Waals surface area contributed by atoms with Gasteiger partial charge in [-0.25, -0.2) is 0 Å². The molecule has 4 nitrogen and oxygen atoms in total. The van der Waals surface area contributed by atoms with E-state index in [0.29, 0.717) is 11.4 Å². The third-order valence-electron chi connectivity index (χ3n) is 0.919. The Hall–Kier alpha value is -1.45. The minimum absolute atomic E-state index is 0.414. The van der Waals surface area contributed by atoms with E-state index in [2.05, 4.69) is 10.2 Å². The molecule has 0 aliphatic carbocycles. The molecule has 0 unspecified atom stereocenters. The van der Waals surface area contributed by atoms with Gasteiger partial charge in [0.15, 0.2) is 0 Å². The molecule has 46 valence electrons. The van der Waals surface area contributed by atoms with Crippen LogP contribution >= 0.6 is 0 Å². The van der Waals surface area contributed by atoms with Gasteiger partial charge in [0, 0.05) is 6.21 Å². The Kier molecular flexibility index (Phi) is 1.40. The lowest BCUT2D eigenvalue weighted by molar-refractivity contribution is 1.02. The van der Waals surface area contributed by atoms with E-state index < -0.39 is 0 Å². The monoisotopic (exact) mass is 122 g/mol. The summed E-state index contributed by atoms with van der Waals surface area (Å²) < 4.78 is 0. The van der Waals surface area contributed by atoms with Gasteiger partial charge < -0.3 is 11.1 Å². The molecule has 1 aromatic heterocycles. The number of nitrogens with one attached hydrogen (secondary N) is 1. The van der Waals surface area contributed by atoms with Crippen LogP contribution in [0.4, 0.5) is 5.69 Å². The second-order valence-corrected chi connectivity index (χ2v) is 1.52. The first-order valence-corrected chi connectivity index (χ1v) is 2.42. The molecule has 0 fully saturated rings. The second kappa shape index (κ2) is 2.21. The summed E-state index contributed by atoms with van der Waals surface area (Å²) in [6.07, 6.45) is 2.56. The third-order valence-corrected chi connectivity index (χ3v) is 0.919. The maximum Gasteiger partial charge on any atom is 0.126 e. The molecule has 0 bridgehead atoms. The van der Waals surface area contributed by atoms with Crippen molar-refractivity contribution in [3.8, 4) is 0 Å². The van der Waals surface area contributed by atoms with Crippen molar-refractivity contribution in [2.24, 2.45) is 0 Å². The molecule has 1 rings (SSSR count). The Balaban J connectivity index is 3.15. The fraction of sp³-hybridized carbons (Fsp3) is 0. The van der Waals surface area contributed by atoms with E-state index in [1.807, 2.05) is 0 Å². The van der Waals surface area contributed by atoms with Gasteiger partial charge in [0.25, 0.3) is 0 Å². The van der Waals surface area contributed by atoms with Gasteiger partial charge in [-0.3, -0.25) is 0 Å². The molecule has 0 aliphatic rings. The van der Waals surface area contributed by atoms with Crippen molar-refractivity contribution < 1.29 is 0 Å². The molecule has 0 atom stereocenters. The van der Waals surface area contributed by atoms with Gasteiger partial charge in [-0.05, 0) is 6.07 Å². The summed E-state index contributed by atoms with van der Waals surface area (Å²) in [6.45, 7) is 0. The Bertz CT molecular complexity index is 220. The van der Waals surface area contributed by atoms with Gasteiger partial charge in [0.2, 0.25) is 0 Å². The highest BCUT2D eigenvalue weighted by Crippen LogP contribution is 1.99. The molecule has 0 saturated heterocycles. The van der Waals surface area contributed by atoms with Crippen LogP contribution < -0.4 is 5.73 Å². The van der Waals surface area contributed by atoms with E-state index >= 15 is 0 Å². The topological polar surface area (TPSA) is 75.7 Å². The number of hydrogen-bond acceptors (Lipinski definition) is 4. The quantitative estimate of drug-likeness (QED) is 0.517. The summed E-state index contributed by atoms with van der Waals surface area (Å²) in [4.78, 5) is 0. The predicted molar refractivity (Wildman–Crippen MR) is 34.3 cm³/mol. The molecular formula is C5H6N4. The molecular weight excluding hydrogens is 116 g/mol. The van der Waals surface area contributed by atoms with E-state index in [9.17, 15) is 0 Å². The average molecular weight is 122 g/mol. The molecule has 0 spiro atoms. The van der Waals surface area contributed by atoms with Crippen LogP contribution in [0.1, 0.15) is 5.69 Å². The zero-order valence-electron chi connectivity index (χ0n) is 4.70. The summed E-state index contributed by atoms with van der Waals surface area (Å²) in [5, 5.41) is 13.9. The first-order valence-electron chi connectivity index (χ1n) is 2.42. The average Bonchev–Trinajstić information content (AvgIpc) is 1.89. The smallest absolute Gasteiger partial charge is 0.126 e. The van der Waals surface area contributed by atoms with Crippen LogP contribution in [0, 0.1) is 5.41 Å². The SMILES string of the molecule is N=Cc1nnccc1N. The van der Waals surface area contributed by atoms with E-state index in [1.165, 1.54) is 6.20 Å². The number of aromatic nitrogens is 2. The highest BCUT2D eigenvalue weighted by Gasteiger charge is 1.92. The van der Waals surface area contributed by atoms with Crippen LogP contribution in [0.5, 0.6) is 0 Å². The maximum absolute atomic E-state index is 6.78. The lowest BCUT2D eigenvalue weighted by Crippen LogP contribution is -1.96. The number of hydrogen-bond donors (Lipinski definition) is 2. The number of nitrogens with zero attached hydrogens (tertiary/aromatic N) is 2. The summed E-state index contributed by atoms with van der Waals surface area (Å²) in [5.74, 6) is 0. The normalized spacial score (nSPS) is 8.89. The van der Waals surface area contributed by atoms with Crippen molar-refractivity contribution in [1.82, 2.24) is 10.2 Å². The van der Waals surface area contributed by atoms with Crippen LogP contribution in [0.3, 0.4) is 0 Å². The number of anilines is 1. The van der Waals surface area contributed by atoms with Crippen LogP contribution in [-0.2, 0) is 0 Å². The first kappa shape index (κ1) is 5.68. The van der Waals surface area contributed by atoms with Gasteiger partial charge in [-0.1, -0.05) is 0 Å². The van der Waals surface area contributed by atoms with Gasteiger partial charge >= 0.3 is 0 Å². The summed E-state index contributed by atoms with van der Waals surface area (Å²) in [7, 11) is 0. The standard InChI is InChI=1S/C5H6N4/c6-3-5-4(7)1-2-8-9-5/h1-3,6H,(H2,7,8). The lowest BCUT2D eigenvalue weighted by Gasteiger charge is -1.91. The highest BCUT2D eigenvalue weighted by molar-refractivity contribution is 5.81. The molecule has 9 heavy (non-hydrogen) atoms. The van der Waals surface area contributed by atoms with Gasteiger partial charge in [0.05, 0.1) is 11.9 Å². The molecule has 1 heterocycles. The van der Waals surface area contributed by atoms with E-state index in [-0.39, 0.29) is 0 Å². The number of nitrogens with two attached hydrogens (primary N) is 1. The number of rotatable bonds is 1. The zero-order valence-corrected chi connectivity index (χ0v) is 4.70. The van der Waals surface area contributed by atoms with Crippen LogP contribution in [0.2, 0.25) is 0 Å². The minimum atomic E-state index is 0.414. The van der Waals surface area contributed by atoms with Crippen molar-refractivity contribution in [3.05, 3.63) is 18.0 Å². The largest absolute Gasteiger partial charge is 0.397 e. The Labute approximate surface area is 52.2 Å². The summed E-state index contributed by atoms with van der Waals surface area (Å²) in [6, 6.07) is 1.60. The maximum atomic E-state index is 6.78. The molecule has 1 aromatic rings. The number of nitrogen functional groups attached to an aromatic ring is 1. The van der Waals surface area contributed by atoms with Crippen molar-refractivity contribution in [3.63, 3.8) is 0 Å².